The lowest BCUT2D eigenvalue weighted by Gasteiger charge is -2.18. The van der Waals surface area contributed by atoms with Gasteiger partial charge < -0.3 is 21.5 Å². The van der Waals surface area contributed by atoms with Gasteiger partial charge in [-0.2, -0.15) is 0 Å². The Morgan fingerprint density at radius 3 is 1.76 bits per heavy atom. The van der Waals surface area contributed by atoms with Crippen molar-refractivity contribution in [3.8, 4) is 0 Å². The Balaban J connectivity index is 4.00. The summed E-state index contributed by atoms with van der Waals surface area (Å²) in [5.74, 6) is -3.03. The highest BCUT2D eigenvalue weighted by atomic mass is 16.4. The van der Waals surface area contributed by atoms with Gasteiger partial charge in [0, 0.05) is 6.42 Å². The van der Waals surface area contributed by atoms with Gasteiger partial charge in [-0.15, -0.1) is 0 Å². The molecule has 0 aliphatic heterocycles. The number of unbranched alkanes of at least 4 members (excludes halogenated alkanes) is 10. The van der Waals surface area contributed by atoms with Gasteiger partial charge in [0.25, 0.3) is 0 Å². The minimum absolute atomic E-state index is 0.258. The molecule has 0 bridgehead atoms. The minimum Gasteiger partial charge on any atom is -0.480 e. The first-order chi connectivity index (χ1) is 13.8. The van der Waals surface area contributed by atoms with Gasteiger partial charge in [-0.3, -0.25) is 19.2 Å². The van der Waals surface area contributed by atoms with Crippen molar-refractivity contribution in [2.75, 3.05) is 0 Å². The molecule has 5 N–H and O–H groups in total. The summed E-state index contributed by atoms with van der Waals surface area (Å²) in [5, 5.41) is 13.6. The zero-order valence-corrected chi connectivity index (χ0v) is 18.0. The van der Waals surface area contributed by atoms with Gasteiger partial charge in [-0.1, -0.05) is 71.1 Å². The fourth-order valence-corrected chi connectivity index (χ4v) is 3.00. The molecule has 0 radical (unpaired) electrons. The second-order valence-electron chi connectivity index (χ2n) is 7.64. The molecule has 8 heteroatoms. The largest absolute Gasteiger partial charge is 0.480 e. The third-order valence-electron chi connectivity index (χ3n) is 4.79. The number of carboxylic acid groups (broad SMARTS) is 1. The molecule has 0 aromatic rings. The average Bonchev–Trinajstić information content (AvgIpc) is 2.65. The van der Waals surface area contributed by atoms with Crippen molar-refractivity contribution in [1.82, 2.24) is 10.6 Å². The van der Waals surface area contributed by atoms with E-state index in [-0.39, 0.29) is 18.7 Å². The molecule has 8 nitrogen and oxygen atoms in total. The van der Waals surface area contributed by atoms with Gasteiger partial charge in [0.15, 0.2) is 0 Å². The molecule has 29 heavy (non-hydrogen) atoms. The number of carbonyl (C=O) groups excluding carboxylic acids is 3. The highest BCUT2D eigenvalue weighted by Gasteiger charge is 2.25. The summed E-state index contributed by atoms with van der Waals surface area (Å²) in [6.45, 7) is 3.52. The maximum absolute atomic E-state index is 12.1. The predicted octanol–water partition coefficient (Wildman–Crippen LogP) is 2.64. The van der Waals surface area contributed by atoms with Crippen molar-refractivity contribution < 1.29 is 24.3 Å². The number of nitrogens with two attached hydrogens (primary N) is 1. The lowest BCUT2D eigenvalue weighted by molar-refractivity contribution is -0.141. The van der Waals surface area contributed by atoms with Crippen molar-refractivity contribution >= 4 is 23.7 Å². The summed E-state index contributed by atoms with van der Waals surface area (Å²) in [7, 11) is 0. The molecule has 0 aromatic heterocycles. The smallest absolute Gasteiger partial charge is 0.325 e. The molecule has 168 valence electrons. The summed E-state index contributed by atoms with van der Waals surface area (Å²) in [4.78, 5) is 46.1. The molecule has 0 unspecified atom stereocenters. The highest BCUT2D eigenvalue weighted by molar-refractivity contribution is 5.93. The molecule has 0 spiro atoms. The number of amides is 3. The summed E-state index contributed by atoms with van der Waals surface area (Å²) < 4.78 is 0. The fraction of sp³-hybridized carbons (Fsp3) is 0.810. The molecule has 0 aliphatic carbocycles. The third-order valence-corrected chi connectivity index (χ3v) is 4.79. The van der Waals surface area contributed by atoms with Crippen molar-refractivity contribution in [2.24, 2.45) is 5.73 Å². The second-order valence-corrected chi connectivity index (χ2v) is 7.64. The van der Waals surface area contributed by atoms with Crippen LogP contribution in [0.4, 0.5) is 0 Å². The maximum atomic E-state index is 12.1. The number of nitrogens with one attached hydrogen (secondary N) is 2. The van der Waals surface area contributed by atoms with Gasteiger partial charge in [0.2, 0.25) is 17.7 Å². The van der Waals surface area contributed by atoms with Crippen molar-refractivity contribution in [3.05, 3.63) is 0 Å². The van der Waals surface area contributed by atoms with E-state index in [1.54, 1.807) is 0 Å². The van der Waals surface area contributed by atoms with Crippen LogP contribution >= 0.6 is 0 Å². The summed E-state index contributed by atoms with van der Waals surface area (Å²) in [5.41, 5.74) is 5.12. The molecule has 0 heterocycles. The quantitative estimate of drug-likeness (QED) is 0.256. The maximum Gasteiger partial charge on any atom is 0.325 e. The standard InChI is InChI=1S/C21H39N3O5/c1-3-4-5-6-7-8-9-10-11-12-13-14-19(26)24-17(15-18(22)25)20(27)23-16(2)21(28)29/h16-17H,3-15H2,1-2H3,(H2,22,25)(H,23,27)(H,24,26)(H,28,29)/t16-,17+/m0/s1. The van der Waals surface area contributed by atoms with Crippen LogP contribution in [0, 0.1) is 0 Å². The average molecular weight is 414 g/mol. The summed E-state index contributed by atoms with van der Waals surface area (Å²) in [6, 6.07) is -2.28. The first-order valence-electron chi connectivity index (χ1n) is 10.9. The number of carboxylic acids is 1. The molecular weight excluding hydrogens is 374 g/mol. The normalized spacial score (nSPS) is 12.8. The molecule has 2 atom stereocenters. The Morgan fingerprint density at radius 2 is 1.31 bits per heavy atom. The third kappa shape index (κ3) is 15.5. The van der Waals surface area contributed by atoms with E-state index in [4.69, 9.17) is 10.8 Å². The minimum atomic E-state index is -1.21. The Hall–Kier alpha value is -2.12. The van der Waals surface area contributed by atoms with Gasteiger partial charge in [0.1, 0.15) is 12.1 Å². The van der Waals surface area contributed by atoms with Crippen LogP contribution in [0.3, 0.4) is 0 Å². The van der Waals surface area contributed by atoms with Crippen molar-refractivity contribution in [1.29, 1.82) is 0 Å². The van der Waals surface area contributed by atoms with E-state index in [1.807, 2.05) is 0 Å². The number of rotatable bonds is 18. The number of hydrogen-bond acceptors (Lipinski definition) is 4. The van der Waals surface area contributed by atoms with E-state index in [2.05, 4.69) is 17.6 Å². The number of hydrogen-bond donors (Lipinski definition) is 4. The Kier molecular flexibility index (Phi) is 15.6. The monoisotopic (exact) mass is 413 g/mol. The van der Waals surface area contributed by atoms with E-state index >= 15 is 0 Å². The Morgan fingerprint density at radius 1 is 0.828 bits per heavy atom. The zero-order chi connectivity index (χ0) is 22.1. The van der Waals surface area contributed by atoms with Crippen LogP contribution in [-0.2, 0) is 19.2 Å². The molecule has 0 rings (SSSR count). The van der Waals surface area contributed by atoms with Crippen LogP contribution in [-0.4, -0.2) is 40.9 Å². The second kappa shape index (κ2) is 16.8. The lowest BCUT2D eigenvalue weighted by atomic mass is 10.0. The summed E-state index contributed by atoms with van der Waals surface area (Å²) >= 11 is 0. The molecule has 0 aromatic carbocycles. The van der Waals surface area contributed by atoms with Gasteiger partial charge in [0.05, 0.1) is 6.42 Å². The molecular formula is C21H39N3O5. The molecule has 0 saturated heterocycles. The van der Waals surface area contributed by atoms with E-state index in [9.17, 15) is 19.2 Å². The Bertz CT molecular complexity index is 511. The van der Waals surface area contributed by atoms with Crippen LogP contribution in [0.15, 0.2) is 0 Å². The first kappa shape index (κ1) is 26.9. The summed E-state index contributed by atoms with van der Waals surface area (Å²) in [6.07, 6.45) is 12.8. The SMILES string of the molecule is CCCCCCCCCCCCCC(=O)N[C@H](CC(N)=O)C(=O)N[C@@H](C)C(=O)O. The molecule has 0 fully saturated rings. The molecule has 0 aliphatic rings. The van der Waals surface area contributed by atoms with E-state index in [1.165, 1.54) is 51.9 Å². The van der Waals surface area contributed by atoms with E-state index in [0.29, 0.717) is 6.42 Å². The molecule has 3 amide bonds. The van der Waals surface area contributed by atoms with Crippen LogP contribution < -0.4 is 16.4 Å². The fourth-order valence-electron chi connectivity index (χ4n) is 3.00. The van der Waals surface area contributed by atoms with Crippen LogP contribution in [0.25, 0.3) is 0 Å². The van der Waals surface area contributed by atoms with Crippen LogP contribution in [0.1, 0.15) is 97.3 Å². The van der Waals surface area contributed by atoms with Crippen molar-refractivity contribution in [2.45, 2.75) is 109 Å². The number of carbonyl (C=O) groups is 4. The van der Waals surface area contributed by atoms with Crippen LogP contribution in [0.2, 0.25) is 0 Å². The van der Waals surface area contributed by atoms with Gasteiger partial charge in [-0.05, 0) is 13.3 Å². The number of aliphatic carboxylic acids is 1. The van der Waals surface area contributed by atoms with Crippen molar-refractivity contribution in [3.63, 3.8) is 0 Å². The number of primary amides is 1. The van der Waals surface area contributed by atoms with Crippen LogP contribution in [0.5, 0.6) is 0 Å². The van der Waals surface area contributed by atoms with E-state index in [0.717, 1.165) is 19.3 Å². The lowest BCUT2D eigenvalue weighted by Crippen LogP contribution is -2.52. The van der Waals surface area contributed by atoms with E-state index < -0.39 is 29.9 Å². The van der Waals surface area contributed by atoms with Gasteiger partial charge in [-0.25, -0.2) is 0 Å². The topological polar surface area (TPSA) is 139 Å². The highest BCUT2D eigenvalue weighted by Crippen LogP contribution is 2.12. The Labute approximate surface area is 174 Å². The molecule has 0 saturated carbocycles. The van der Waals surface area contributed by atoms with Gasteiger partial charge >= 0.3 is 5.97 Å². The first-order valence-corrected chi connectivity index (χ1v) is 10.9. The predicted molar refractivity (Wildman–Crippen MR) is 112 cm³/mol. The zero-order valence-electron chi connectivity index (χ0n) is 18.0.